The standard InChI is InChI=1S/C22H26N4O2/c23-20(21(27)24-18-4-2-1-3-5-18)14-16-8-10-19(11-9-16)26-13-12-25(22(26)28)15-17-6-7-17/h1-5,8-11,17,20H,6-7,12-15,23H2,(H,24,27). The van der Waals surface area contributed by atoms with E-state index in [0.29, 0.717) is 12.3 Å². The molecule has 0 aromatic heterocycles. The molecule has 1 heterocycles. The SMILES string of the molecule is NC(Cc1ccc(N2CCN(CC3CC3)C2=O)cc1)C(=O)Nc1ccccc1. The summed E-state index contributed by atoms with van der Waals surface area (Å²) in [6.45, 7) is 2.41. The number of carbonyl (C=O) groups is 2. The number of amides is 3. The Hall–Kier alpha value is -2.86. The van der Waals surface area contributed by atoms with Crippen LogP contribution < -0.4 is 16.0 Å². The number of nitrogens with one attached hydrogen (secondary N) is 1. The quantitative estimate of drug-likeness (QED) is 0.778. The molecule has 3 N–H and O–H groups in total. The second-order valence-electron chi connectivity index (χ2n) is 7.66. The zero-order valence-corrected chi connectivity index (χ0v) is 15.9. The molecule has 1 aliphatic carbocycles. The predicted octanol–water partition coefficient (Wildman–Crippen LogP) is 2.85. The summed E-state index contributed by atoms with van der Waals surface area (Å²) < 4.78 is 0. The van der Waals surface area contributed by atoms with Gasteiger partial charge in [0.15, 0.2) is 0 Å². The number of hydrogen-bond acceptors (Lipinski definition) is 3. The summed E-state index contributed by atoms with van der Waals surface area (Å²) in [5.74, 6) is 0.496. The lowest BCUT2D eigenvalue weighted by molar-refractivity contribution is -0.117. The molecule has 2 aromatic carbocycles. The molecule has 146 valence electrons. The van der Waals surface area contributed by atoms with Crippen LogP contribution >= 0.6 is 0 Å². The molecule has 6 heteroatoms. The van der Waals surface area contributed by atoms with Crippen LogP contribution in [0.1, 0.15) is 18.4 Å². The Morgan fingerprint density at radius 3 is 2.46 bits per heavy atom. The highest BCUT2D eigenvalue weighted by Gasteiger charge is 2.33. The number of hydrogen-bond donors (Lipinski definition) is 2. The number of anilines is 2. The molecule has 1 atom stereocenters. The monoisotopic (exact) mass is 378 g/mol. The van der Waals surface area contributed by atoms with Crippen molar-refractivity contribution in [2.45, 2.75) is 25.3 Å². The van der Waals surface area contributed by atoms with E-state index in [1.54, 1.807) is 0 Å². The van der Waals surface area contributed by atoms with Gasteiger partial charge in [0.05, 0.1) is 6.04 Å². The van der Waals surface area contributed by atoms with Crippen molar-refractivity contribution in [3.63, 3.8) is 0 Å². The normalized spacial score (nSPS) is 17.7. The average molecular weight is 378 g/mol. The van der Waals surface area contributed by atoms with Crippen LogP contribution in [0.15, 0.2) is 54.6 Å². The van der Waals surface area contributed by atoms with Gasteiger partial charge < -0.3 is 16.0 Å². The molecule has 2 fully saturated rings. The predicted molar refractivity (Wildman–Crippen MR) is 110 cm³/mol. The smallest absolute Gasteiger partial charge is 0.324 e. The van der Waals surface area contributed by atoms with Crippen LogP contribution in [-0.4, -0.2) is 42.5 Å². The van der Waals surface area contributed by atoms with Crippen LogP contribution in [0.2, 0.25) is 0 Å². The third-order valence-corrected chi connectivity index (χ3v) is 5.35. The minimum atomic E-state index is -0.631. The van der Waals surface area contributed by atoms with E-state index in [9.17, 15) is 9.59 Å². The fourth-order valence-electron chi connectivity index (χ4n) is 3.52. The summed E-state index contributed by atoms with van der Waals surface area (Å²) in [5.41, 5.74) is 8.67. The molecule has 4 rings (SSSR count). The van der Waals surface area contributed by atoms with Gasteiger partial charge in [-0.2, -0.15) is 0 Å². The highest BCUT2D eigenvalue weighted by molar-refractivity contribution is 5.95. The summed E-state index contributed by atoms with van der Waals surface area (Å²) in [7, 11) is 0. The summed E-state index contributed by atoms with van der Waals surface area (Å²) in [4.78, 5) is 28.6. The van der Waals surface area contributed by atoms with E-state index in [-0.39, 0.29) is 11.9 Å². The lowest BCUT2D eigenvalue weighted by atomic mass is 10.1. The fourth-order valence-corrected chi connectivity index (χ4v) is 3.52. The number of urea groups is 1. The van der Waals surface area contributed by atoms with Crippen molar-refractivity contribution in [2.24, 2.45) is 11.7 Å². The molecule has 6 nitrogen and oxygen atoms in total. The lowest BCUT2D eigenvalue weighted by Gasteiger charge is -2.19. The summed E-state index contributed by atoms with van der Waals surface area (Å²) >= 11 is 0. The number of nitrogens with two attached hydrogens (primary N) is 1. The van der Waals surface area contributed by atoms with Gasteiger partial charge in [-0.25, -0.2) is 4.79 Å². The third kappa shape index (κ3) is 4.34. The van der Waals surface area contributed by atoms with Crippen LogP contribution in [0, 0.1) is 5.92 Å². The second-order valence-corrected chi connectivity index (χ2v) is 7.66. The Balaban J connectivity index is 1.33. The molecule has 1 saturated heterocycles. The maximum Gasteiger partial charge on any atom is 0.324 e. The van der Waals surface area contributed by atoms with Crippen LogP contribution in [0.3, 0.4) is 0 Å². The molecule has 1 unspecified atom stereocenters. The van der Waals surface area contributed by atoms with E-state index in [1.165, 1.54) is 12.8 Å². The van der Waals surface area contributed by atoms with E-state index in [4.69, 9.17) is 5.73 Å². The topological polar surface area (TPSA) is 78.7 Å². The van der Waals surface area contributed by atoms with Crippen molar-refractivity contribution in [1.82, 2.24) is 4.90 Å². The molecule has 2 aliphatic rings. The van der Waals surface area contributed by atoms with Gasteiger partial charge >= 0.3 is 6.03 Å². The molecule has 28 heavy (non-hydrogen) atoms. The van der Waals surface area contributed by atoms with Crippen molar-refractivity contribution in [3.8, 4) is 0 Å². The highest BCUT2D eigenvalue weighted by Crippen LogP contribution is 2.31. The summed E-state index contributed by atoms with van der Waals surface area (Å²) in [6.07, 6.45) is 2.94. The average Bonchev–Trinajstić information content (AvgIpc) is 3.46. The van der Waals surface area contributed by atoms with Gasteiger partial charge in [-0.15, -0.1) is 0 Å². The maximum atomic E-state index is 12.6. The van der Waals surface area contributed by atoms with Crippen molar-refractivity contribution >= 4 is 23.3 Å². The van der Waals surface area contributed by atoms with Gasteiger partial charge in [-0.3, -0.25) is 9.69 Å². The van der Waals surface area contributed by atoms with Crippen molar-refractivity contribution < 1.29 is 9.59 Å². The zero-order valence-electron chi connectivity index (χ0n) is 15.9. The van der Waals surface area contributed by atoms with E-state index in [2.05, 4.69) is 5.32 Å². The van der Waals surface area contributed by atoms with Crippen LogP contribution in [0.25, 0.3) is 0 Å². The number of nitrogens with zero attached hydrogens (tertiary/aromatic N) is 2. The van der Waals surface area contributed by atoms with Crippen LogP contribution in [0.4, 0.5) is 16.2 Å². The highest BCUT2D eigenvalue weighted by atomic mass is 16.2. The van der Waals surface area contributed by atoms with Crippen molar-refractivity contribution in [3.05, 3.63) is 60.2 Å². The number of rotatable bonds is 7. The van der Waals surface area contributed by atoms with Gasteiger partial charge in [-0.05, 0) is 55.0 Å². The Morgan fingerprint density at radius 2 is 1.79 bits per heavy atom. The minimum Gasteiger partial charge on any atom is -0.325 e. The number of benzene rings is 2. The molecular formula is C22H26N4O2. The van der Waals surface area contributed by atoms with Crippen LogP contribution in [-0.2, 0) is 11.2 Å². The Labute approximate surface area is 165 Å². The number of para-hydroxylation sites is 1. The number of carbonyl (C=O) groups excluding carboxylic acids is 2. The first kappa shape index (κ1) is 18.5. The minimum absolute atomic E-state index is 0.0959. The third-order valence-electron chi connectivity index (χ3n) is 5.35. The first-order valence-corrected chi connectivity index (χ1v) is 9.87. The first-order valence-electron chi connectivity index (χ1n) is 9.87. The molecule has 0 bridgehead atoms. The van der Waals surface area contributed by atoms with Crippen molar-refractivity contribution in [2.75, 3.05) is 29.9 Å². The lowest BCUT2D eigenvalue weighted by Crippen LogP contribution is -2.37. The Bertz CT molecular complexity index is 833. The van der Waals surface area contributed by atoms with E-state index >= 15 is 0 Å². The van der Waals surface area contributed by atoms with Crippen LogP contribution in [0.5, 0.6) is 0 Å². The molecule has 0 spiro atoms. The molecule has 1 aliphatic heterocycles. The zero-order chi connectivity index (χ0) is 19.5. The van der Waals surface area contributed by atoms with E-state index in [0.717, 1.165) is 36.6 Å². The summed E-state index contributed by atoms with van der Waals surface area (Å²) in [5, 5.41) is 2.83. The maximum absolute atomic E-state index is 12.6. The van der Waals surface area contributed by atoms with Gasteiger partial charge in [0, 0.05) is 31.0 Å². The van der Waals surface area contributed by atoms with E-state index < -0.39 is 6.04 Å². The van der Waals surface area contributed by atoms with Gasteiger partial charge in [-0.1, -0.05) is 30.3 Å². The van der Waals surface area contributed by atoms with Gasteiger partial charge in [0.1, 0.15) is 0 Å². The second kappa shape index (κ2) is 8.02. The van der Waals surface area contributed by atoms with Gasteiger partial charge in [0.25, 0.3) is 0 Å². The molecule has 1 saturated carbocycles. The molecule has 0 radical (unpaired) electrons. The molecule has 3 amide bonds. The Kier molecular flexibility index (Phi) is 5.30. The fraction of sp³-hybridized carbons (Fsp3) is 0.364. The summed E-state index contributed by atoms with van der Waals surface area (Å²) in [6, 6.07) is 16.5. The molecular weight excluding hydrogens is 352 g/mol. The Morgan fingerprint density at radius 1 is 1.07 bits per heavy atom. The largest absolute Gasteiger partial charge is 0.325 e. The van der Waals surface area contributed by atoms with E-state index in [1.807, 2.05) is 64.4 Å². The first-order chi connectivity index (χ1) is 13.6. The van der Waals surface area contributed by atoms with Gasteiger partial charge in [0.2, 0.25) is 5.91 Å². The molecule has 2 aromatic rings. The van der Waals surface area contributed by atoms with Crippen molar-refractivity contribution in [1.29, 1.82) is 0 Å².